The Morgan fingerprint density at radius 2 is 2.05 bits per heavy atom. The van der Waals surface area contributed by atoms with Gasteiger partial charge in [-0.05, 0) is 32.0 Å². The normalized spacial score (nSPS) is 11.6. The van der Waals surface area contributed by atoms with Crippen molar-refractivity contribution >= 4 is 26.8 Å². The maximum atomic E-state index is 4.62. The van der Waals surface area contributed by atoms with Gasteiger partial charge in [-0.3, -0.25) is 9.36 Å². The fourth-order valence-corrected chi connectivity index (χ4v) is 2.55. The Balaban J connectivity index is 2.21. The zero-order chi connectivity index (χ0) is 13.6. The van der Waals surface area contributed by atoms with Crippen LogP contribution >= 0.6 is 15.9 Å². The van der Waals surface area contributed by atoms with Crippen LogP contribution in [0.3, 0.4) is 0 Å². The van der Waals surface area contributed by atoms with Crippen molar-refractivity contribution in [1.82, 2.24) is 19.6 Å². The van der Waals surface area contributed by atoms with E-state index in [9.17, 15) is 0 Å². The van der Waals surface area contributed by atoms with E-state index in [1.54, 1.807) is 0 Å². The highest BCUT2D eigenvalue weighted by atomic mass is 79.9. The number of benzene rings is 1. The fraction of sp³-hybridized carbons (Fsp3) is 0.286. The van der Waals surface area contributed by atoms with E-state index in [2.05, 4.69) is 52.1 Å². The van der Waals surface area contributed by atoms with Crippen molar-refractivity contribution in [2.45, 2.75) is 19.9 Å². The molecule has 4 nitrogen and oxygen atoms in total. The average Bonchev–Trinajstić information content (AvgIpc) is 2.94. The summed E-state index contributed by atoms with van der Waals surface area (Å²) in [7, 11) is 1.96. The summed E-state index contributed by atoms with van der Waals surface area (Å²) in [6.45, 7) is 4.23. The van der Waals surface area contributed by atoms with E-state index in [-0.39, 0.29) is 0 Å². The lowest BCUT2D eigenvalue weighted by Gasteiger charge is -2.02. The summed E-state index contributed by atoms with van der Waals surface area (Å²) < 4.78 is 4.92. The first kappa shape index (κ1) is 12.4. The van der Waals surface area contributed by atoms with Crippen LogP contribution in [0.25, 0.3) is 22.2 Å². The van der Waals surface area contributed by atoms with Crippen LogP contribution in [0, 0.1) is 0 Å². The molecule has 98 valence electrons. The van der Waals surface area contributed by atoms with Crippen LogP contribution in [-0.2, 0) is 7.05 Å². The summed E-state index contributed by atoms with van der Waals surface area (Å²) in [5.41, 5.74) is 3.15. The van der Waals surface area contributed by atoms with E-state index in [0.717, 1.165) is 26.6 Å². The molecule has 0 aliphatic rings. The molecule has 0 amide bonds. The minimum Gasteiger partial charge on any atom is -0.270 e. The molecule has 0 aliphatic heterocycles. The zero-order valence-corrected chi connectivity index (χ0v) is 12.7. The molecule has 0 atom stereocenters. The molecule has 0 bridgehead atoms. The molecule has 0 fully saturated rings. The maximum Gasteiger partial charge on any atom is 0.103 e. The smallest absolute Gasteiger partial charge is 0.103 e. The molecule has 2 heterocycles. The molecule has 3 rings (SSSR count). The predicted octanol–water partition coefficient (Wildman–Crippen LogP) is 3.78. The van der Waals surface area contributed by atoms with Crippen LogP contribution in [-0.4, -0.2) is 19.6 Å². The Labute approximate surface area is 120 Å². The zero-order valence-electron chi connectivity index (χ0n) is 11.1. The monoisotopic (exact) mass is 318 g/mol. The molecule has 2 aromatic heterocycles. The third-order valence-corrected chi connectivity index (χ3v) is 3.71. The van der Waals surface area contributed by atoms with Crippen LogP contribution < -0.4 is 0 Å². The second-order valence-electron chi connectivity index (χ2n) is 4.94. The summed E-state index contributed by atoms with van der Waals surface area (Å²) >= 11 is 3.52. The maximum absolute atomic E-state index is 4.62. The van der Waals surface area contributed by atoms with Gasteiger partial charge in [0.05, 0.1) is 11.7 Å². The number of rotatable bonds is 2. The molecule has 0 saturated carbocycles. The third kappa shape index (κ3) is 2.08. The van der Waals surface area contributed by atoms with Gasteiger partial charge in [-0.1, -0.05) is 15.9 Å². The van der Waals surface area contributed by atoms with Gasteiger partial charge in [0.25, 0.3) is 0 Å². The number of nitrogens with zero attached hydrogens (tertiary/aromatic N) is 4. The Morgan fingerprint density at radius 3 is 2.74 bits per heavy atom. The number of hydrogen-bond donors (Lipinski definition) is 0. The minimum absolute atomic E-state index is 0.357. The molecule has 0 spiro atoms. The van der Waals surface area contributed by atoms with Crippen molar-refractivity contribution in [1.29, 1.82) is 0 Å². The van der Waals surface area contributed by atoms with Gasteiger partial charge in [-0.25, -0.2) is 0 Å². The first-order chi connectivity index (χ1) is 9.06. The van der Waals surface area contributed by atoms with Gasteiger partial charge in [0.2, 0.25) is 0 Å². The number of halogens is 1. The fourth-order valence-electron chi connectivity index (χ4n) is 2.19. The summed E-state index contributed by atoms with van der Waals surface area (Å²) in [6, 6.07) is 6.56. The molecule has 0 unspecified atom stereocenters. The van der Waals surface area contributed by atoms with E-state index in [0.29, 0.717) is 6.04 Å². The van der Waals surface area contributed by atoms with E-state index < -0.39 is 0 Å². The number of hydrogen-bond acceptors (Lipinski definition) is 2. The van der Waals surface area contributed by atoms with Gasteiger partial charge in [0.1, 0.15) is 5.69 Å². The summed E-state index contributed by atoms with van der Waals surface area (Å²) in [4.78, 5) is 0. The van der Waals surface area contributed by atoms with Crippen molar-refractivity contribution in [3.8, 4) is 11.3 Å². The summed E-state index contributed by atoms with van der Waals surface area (Å²) in [5.74, 6) is 0. The molecule has 19 heavy (non-hydrogen) atoms. The molecule has 0 radical (unpaired) electrons. The quantitative estimate of drug-likeness (QED) is 0.720. The van der Waals surface area contributed by atoms with Crippen LogP contribution in [0.1, 0.15) is 19.9 Å². The van der Waals surface area contributed by atoms with Gasteiger partial charge >= 0.3 is 0 Å². The first-order valence-corrected chi connectivity index (χ1v) is 7.02. The largest absolute Gasteiger partial charge is 0.270 e. The van der Waals surface area contributed by atoms with Crippen LogP contribution in [0.4, 0.5) is 0 Å². The summed E-state index contributed by atoms with van der Waals surface area (Å²) in [5, 5.41) is 10.1. The highest BCUT2D eigenvalue weighted by Crippen LogP contribution is 2.29. The topological polar surface area (TPSA) is 35.6 Å². The second kappa shape index (κ2) is 4.49. The highest BCUT2D eigenvalue weighted by molar-refractivity contribution is 9.10. The van der Waals surface area contributed by atoms with E-state index >= 15 is 0 Å². The molecular formula is C14H15BrN4. The van der Waals surface area contributed by atoms with Crippen LogP contribution in [0.5, 0.6) is 0 Å². The molecular weight excluding hydrogens is 304 g/mol. The number of aryl methyl sites for hydroxylation is 1. The minimum atomic E-state index is 0.357. The average molecular weight is 319 g/mol. The molecule has 5 heteroatoms. The third-order valence-electron chi connectivity index (χ3n) is 3.22. The Morgan fingerprint density at radius 1 is 1.26 bits per heavy atom. The lowest BCUT2D eigenvalue weighted by molar-refractivity contribution is 0.532. The predicted molar refractivity (Wildman–Crippen MR) is 80.0 cm³/mol. The van der Waals surface area contributed by atoms with Gasteiger partial charge in [0, 0.05) is 34.7 Å². The Kier molecular flexibility index (Phi) is 2.93. The van der Waals surface area contributed by atoms with Gasteiger partial charge < -0.3 is 0 Å². The molecule has 1 aromatic carbocycles. The molecule has 0 N–H and O–H groups in total. The molecule has 0 aliphatic carbocycles. The second-order valence-corrected chi connectivity index (χ2v) is 5.85. The number of fused-ring (bicyclic) bond motifs is 1. The Hall–Kier alpha value is -1.62. The lowest BCUT2D eigenvalue weighted by Crippen LogP contribution is -1.99. The van der Waals surface area contributed by atoms with Crippen molar-refractivity contribution in [3.63, 3.8) is 0 Å². The molecule has 3 aromatic rings. The Bertz CT molecular complexity index is 739. The SMILES string of the molecule is CC(C)n1cc(-c2nn(C)c3ccc(Br)cc23)cn1. The van der Waals surface area contributed by atoms with Crippen LogP contribution in [0.15, 0.2) is 35.1 Å². The van der Waals surface area contributed by atoms with Crippen molar-refractivity contribution < 1.29 is 0 Å². The summed E-state index contributed by atoms with van der Waals surface area (Å²) in [6.07, 6.45) is 3.93. The van der Waals surface area contributed by atoms with Crippen LogP contribution in [0.2, 0.25) is 0 Å². The molecule has 0 saturated heterocycles. The van der Waals surface area contributed by atoms with E-state index in [1.165, 1.54) is 0 Å². The van der Waals surface area contributed by atoms with Gasteiger partial charge in [-0.15, -0.1) is 0 Å². The van der Waals surface area contributed by atoms with Crippen molar-refractivity contribution in [2.75, 3.05) is 0 Å². The standard InChI is InChI=1S/C14H15BrN4/c1-9(2)19-8-10(7-16-19)14-12-6-11(15)4-5-13(12)18(3)17-14/h4-9H,1-3H3. The van der Waals surface area contributed by atoms with Gasteiger partial charge in [-0.2, -0.15) is 10.2 Å². The van der Waals surface area contributed by atoms with Crippen molar-refractivity contribution in [3.05, 3.63) is 35.1 Å². The van der Waals surface area contributed by atoms with E-state index in [1.807, 2.05) is 34.9 Å². The lowest BCUT2D eigenvalue weighted by atomic mass is 10.1. The van der Waals surface area contributed by atoms with E-state index in [4.69, 9.17) is 0 Å². The number of aromatic nitrogens is 4. The highest BCUT2D eigenvalue weighted by Gasteiger charge is 2.13. The van der Waals surface area contributed by atoms with Crippen molar-refractivity contribution in [2.24, 2.45) is 7.05 Å². The van der Waals surface area contributed by atoms with Gasteiger partial charge in [0.15, 0.2) is 0 Å². The first-order valence-electron chi connectivity index (χ1n) is 6.23.